The van der Waals surface area contributed by atoms with Crippen LogP contribution in [0.3, 0.4) is 0 Å². The molecule has 0 bridgehead atoms. The molecule has 2 aliphatic rings. The van der Waals surface area contributed by atoms with Crippen LogP contribution >= 0.6 is 0 Å². The summed E-state index contributed by atoms with van der Waals surface area (Å²) in [7, 11) is 2.14. The third-order valence-electron chi connectivity index (χ3n) is 6.11. The summed E-state index contributed by atoms with van der Waals surface area (Å²) in [6, 6.07) is 13.7. The molecule has 5 heteroatoms. The summed E-state index contributed by atoms with van der Waals surface area (Å²) in [4.78, 5) is 21.2. The smallest absolute Gasteiger partial charge is 0.253 e. The minimum Gasteiger partial charge on any atom is -0.376 e. The molecule has 2 saturated heterocycles. The lowest BCUT2D eigenvalue weighted by atomic mass is 9.76. The standard InChI is InChI=1S/C23H29N3O2/c1-25(16-19-6-5-11-24-15-19)17-21-14-23(18-28-21)9-12-26(13-10-23)22(27)20-7-3-2-4-8-20/h2-8,11,15,21H,9-10,12-14,16-18H2,1H3/t21-/m1/s1. The molecule has 1 aromatic heterocycles. The van der Waals surface area contributed by atoms with E-state index < -0.39 is 0 Å². The van der Waals surface area contributed by atoms with E-state index >= 15 is 0 Å². The summed E-state index contributed by atoms with van der Waals surface area (Å²) in [6.07, 6.45) is 7.17. The molecule has 5 nitrogen and oxygen atoms in total. The minimum atomic E-state index is 0.155. The molecule has 0 N–H and O–H groups in total. The van der Waals surface area contributed by atoms with Crippen molar-refractivity contribution in [1.82, 2.24) is 14.8 Å². The number of rotatable bonds is 5. The number of aromatic nitrogens is 1. The Hall–Kier alpha value is -2.24. The molecule has 28 heavy (non-hydrogen) atoms. The average Bonchev–Trinajstić information content (AvgIpc) is 3.11. The summed E-state index contributed by atoms with van der Waals surface area (Å²) < 4.78 is 6.17. The third-order valence-corrected chi connectivity index (χ3v) is 6.11. The van der Waals surface area contributed by atoms with Crippen LogP contribution in [0.4, 0.5) is 0 Å². The van der Waals surface area contributed by atoms with Gasteiger partial charge in [-0.25, -0.2) is 0 Å². The van der Waals surface area contributed by atoms with Crippen molar-refractivity contribution in [2.24, 2.45) is 5.41 Å². The number of amides is 1. The zero-order chi connectivity index (χ0) is 19.4. The van der Waals surface area contributed by atoms with Gasteiger partial charge in [-0.15, -0.1) is 0 Å². The van der Waals surface area contributed by atoms with Crippen LogP contribution in [-0.2, 0) is 11.3 Å². The number of carbonyl (C=O) groups excluding carboxylic acids is 1. The summed E-state index contributed by atoms with van der Waals surface area (Å²) in [5.41, 5.74) is 2.26. The second kappa shape index (κ2) is 8.41. The van der Waals surface area contributed by atoms with Crippen LogP contribution < -0.4 is 0 Å². The monoisotopic (exact) mass is 379 g/mol. The molecule has 2 aromatic rings. The van der Waals surface area contributed by atoms with E-state index in [1.807, 2.05) is 53.7 Å². The molecule has 0 aliphatic carbocycles. The maximum Gasteiger partial charge on any atom is 0.253 e. The molecule has 1 amide bonds. The summed E-state index contributed by atoms with van der Waals surface area (Å²) in [5.74, 6) is 0.155. The van der Waals surface area contributed by atoms with Crippen LogP contribution in [0.2, 0.25) is 0 Å². The Kier molecular flexibility index (Phi) is 5.74. The zero-order valence-electron chi connectivity index (χ0n) is 16.6. The van der Waals surface area contributed by atoms with E-state index in [0.29, 0.717) is 0 Å². The van der Waals surface area contributed by atoms with Gasteiger partial charge in [0.1, 0.15) is 0 Å². The number of likely N-dealkylation sites (N-methyl/N-ethyl adjacent to an activating group) is 1. The lowest BCUT2D eigenvalue weighted by Crippen LogP contribution is -2.43. The predicted octanol–water partition coefficient (Wildman–Crippen LogP) is 3.22. The van der Waals surface area contributed by atoms with Gasteiger partial charge >= 0.3 is 0 Å². The van der Waals surface area contributed by atoms with Crippen LogP contribution in [0, 0.1) is 5.41 Å². The van der Waals surface area contributed by atoms with Gasteiger partial charge in [0.05, 0.1) is 12.7 Å². The van der Waals surface area contributed by atoms with Crippen LogP contribution in [0.5, 0.6) is 0 Å². The quantitative estimate of drug-likeness (QED) is 0.800. The Morgan fingerprint density at radius 3 is 2.71 bits per heavy atom. The first kappa shape index (κ1) is 19.1. The molecule has 1 atom stereocenters. The van der Waals surface area contributed by atoms with Crippen molar-refractivity contribution in [3.05, 3.63) is 66.0 Å². The number of nitrogens with zero attached hydrogens (tertiary/aromatic N) is 3. The molecule has 0 unspecified atom stereocenters. The fourth-order valence-electron chi connectivity index (χ4n) is 4.52. The lowest BCUT2D eigenvalue weighted by Gasteiger charge is -2.38. The Morgan fingerprint density at radius 1 is 1.21 bits per heavy atom. The summed E-state index contributed by atoms with van der Waals surface area (Å²) >= 11 is 0. The van der Waals surface area contributed by atoms with E-state index in [-0.39, 0.29) is 17.4 Å². The molecule has 1 spiro atoms. The number of benzene rings is 1. The molecule has 0 radical (unpaired) electrons. The van der Waals surface area contributed by atoms with E-state index in [0.717, 1.165) is 57.6 Å². The molecule has 1 aromatic carbocycles. The second-order valence-electron chi connectivity index (χ2n) is 8.35. The number of piperidine rings is 1. The van der Waals surface area contributed by atoms with E-state index in [1.54, 1.807) is 0 Å². The Bertz CT molecular complexity index is 773. The maximum absolute atomic E-state index is 12.7. The first-order chi connectivity index (χ1) is 13.6. The van der Waals surface area contributed by atoms with Gasteiger partial charge in [0.2, 0.25) is 0 Å². The van der Waals surface area contributed by atoms with Crippen LogP contribution in [0.15, 0.2) is 54.9 Å². The van der Waals surface area contributed by atoms with Crippen molar-refractivity contribution < 1.29 is 9.53 Å². The third kappa shape index (κ3) is 4.42. The number of carbonyl (C=O) groups is 1. The van der Waals surface area contributed by atoms with Gasteiger partial charge in [-0.05, 0) is 55.5 Å². The minimum absolute atomic E-state index is 0.155. The molecule has 2 fully saturated rings. The number of ether oxygens (including phenoxy) is 1. The van der Waals surface area contributed by atoms with Gasteiger partial charge in [-0.3, -0.25) is 14.7 Å². The first-order valence-electron chi connectivity index (χ1n) is 10.2. The van der Waals surface area contributed by atoms with Crippen molar-refractivity contribution in [3.63, 3.8) is 0 Å². The molecule has 0 saturated carbocycles. The van der Waals surface area contributed by atoms with Crippen LogP contribution in [0.25, 0.3) is 0 Å². The fraction of sp³-hybridized carbons (Fsp3) is 0.478. The van der Waals surface area contributed by atoms with Crippen LogP contribution in [-0.4, -0.2) is 60.1 Å². The van der Waals surface area contributed by atoms with Gasteiger partial charge in [0.15, 0.2) is 0 Å². The number of hydrogen-bond donors (Lipinski definition) is 0. The van der Waals surface area contributed by atoms with Gasteiger partial charge in [-0.1, -0.05) is 24.3 Å². The summed E-state index contributed by atoms with van der Waals surface area (Å²) in [6.45, 7) is 4.31. The Balaban J connectivity index is 1.27. The molecule has 4 rings (SSSR count). The largest absolute Gasteiger partial charge is 0.376 e. The molecule has 2 aliphatic heterocycles. The topological polar surface area (TPSA) is 45.7 Å². The summed E-state index contributed by atoms with van der Waals surface area (Å²) in [5, 5.41) is 0. The van der Waals surface area contributed by atoms with Crippen LogP contribution in [0.1, 0.15) is 35.2 Å². The Morgan fingerprint density at radius 2 is 2.00 bits per heavy atom. The van der Waals surface area contributed by atoms with Crippen molar-refractivity contribution >= 4 is 5.91 Å². The van der Waals surface area contributed by atoms with E-state index in [1.165, 1.54) is 5.56 Å². The fourth-order valence-corrected chi connectivity index (χ4v) is 4.52. The second-order valence-corrected chi connectivity index (χ2v) is 8.35. The number of pyridine rings is 1. The first-order valence-corrected chi connectivity index (χ1v) is 10.2. The highest BCUT2D eigenvalue weighted by Gasteiger charge is 2.43. The highest BCUT2D eigenvalue weighted by atomic mass is 16.5. The highest BCUT2D eigenvalue weighted by molar-refractivity contribution is 5.94. The normalized spacial score (nSPS) is 21.4. The van der Waals surface area contributed by atoms with Gasteiger partial charge in [0, 0.05) is 44.1 Å². The van der Waals surface area contributed by atoms with E-state index in [9.17, 15) is 4.79 Å². The number of likely N-dealkylation sites (tertiary alicyclic amines) is 1. The lowest BCUT2D eigenvalue weighted by molar-refractivity contribution is 0.0457. The van der Waals surface area contributed by atoms with Crippen molar-refractivity contribution in [1.29, 1.82) is 0 Å². The van der Waals surface area contributed by atoms with Crippen molar-refractivity contribution in [2.75, 3.05) is 33.3 Å². The SMILES string of the molecule is CN(Cc1cccnc1)C[C@H]1CC2(CCN(C(=O)c3ccccc3)CC2)CO1. The van der Waals surface area contributed by atoms with Crippen molar-refractivity contribution in [3.8, 4) is 0 Å². The molecule has 148 valence electrons. The predicted molar refractivity (Wildman–Crippen MR) is 109 cm³/mol. The highest BCUT2D eigenvalue weighted by Crippen LogP contribution is 2.42. The average molecular weight is 380 g/mol. The van der Waals surface area contributed by atoms with Gasteiger partial charge in [-0.2, -0.15) is 0 Å². The molecular formula is C23H29N3O2. The molecular weight excluding hydrogens is 350 g/mol. The zero-order valence-corrected chi connectivity index (χ0v) is 16.6. The van der Waals surface area contributed by atoms with E-state index in [2.05, 4.69) is 23.0 Å². The van der Waals surface area contributed by atoms with Gasteiger partial charge < -0.3 is 9.64 Å². The molecule has 3 heterocycles. The van der Waals surface area contributed by atoms with E-state index in [4.69, 9.17) is 4.74 Å². The Labute approximate surface area is 167 Å². The number of hydrogen-bond acceptors (Lipinski definition) is 4. The van der Waals surface area contributed by atoms with Gasteiger partial charge in [0.25, 0.3) is 5.91 Å². The maximum atomic E-state index is 12.7. The van der Waals surface area contributed by atoms with Crippen molar-refractivity contribution in [2.45, 2.75) is 31.9 Å².